The zero-order chi connectivity index (χ0) is 17.9. The predicted molar refractivity (Wildman–Crippen MR) is 84.4 cm³/mol. The van der Waals surface area contributed by atoms with Crippen molar-refractivity contribution < 1.29 is 27.9 Å². The smallest absolute Gasteiger partial charge is 0.416 e. The van der Waals surface area contributed by atoms with Crippen LogP contribution < -0.4 is 5.32 Å². The van der Waals surface area contributed by atoms with Crippen LogP contribution in [0.2, 0.25) is 0 Å². The zero-order valence-corrected chi connectivity index (χ0v) is 13.4. The van der Waals surface area contributed by atoms with Gasteiger partial charge in [-0.05, 0) is 35.6 Å². The summed E-state index contributed by atoms with van der Waals surface area (Å²) in [6.45, 7) is 1.73. The Morgan fingerprint density at radius 3 is 2.33 bits per heavy atom. The lowest BCUT2D eigenvalue weighted by Gasteiger charge is -2.16. The largest absolute Gasteiger partial charge is 0.478 e. The summed E-state index contributed by atoms with van der Waals surface area (Å²) in [5.41, 5.74) is -0.361. The lowest BCUT2D eigenvalue weighted by atomic mass is 9.94. The molecule has 24 heavy (non-hydrogen) atoms. The van der Waals surface area contributed by atoms with Gasteiger partial charge in [0.05, 0.1) is 17.0 Å². The predicted octanol–water partition coefficient (Wildman–Crippen LogP) is 4.60. The summed E-state index contributed by atoms with van der Waals surface area (Å²) in [5, 5.41) is 13.3. The quantitative estimate of drug-likeness (QED) is 0.822. The van der Waals surface area contributed by atoms with E-state index in [4.69, 9.17) is 5.11 Å². The minimum absolute atomic E-state index is 0.0179. The van der Waals surface area contributed by atoms with Crippen molar-refractivity contribution in [2.24, 2.45) is 0 Å². The van der Waals surface area contributed by atoms with E-state index in [1.807, 2.05) is 0 Å². The van der Waals surface area contributed by atoms with Gasteiger partial charge < -0.3 is 10.4 Å². The number of rotatable bonds is 5. The first-order valence-corrected chi connectivity index (χ1v) is 7.90. The molecule has 2 N–H and O–H groups in total. The van der Waals surface area contributed by atoms with Gasteiger partial charge in [-0.2, -0.15) is 13.2 Å². The molecule has 0 radical (unpaired) electrons. The average molecular weight is 357 g/mol. The maximum absolute atomic E-state index is 12.6. The number of carboxylic acid groups (broad SMARTS) is 1. The number of halogens is 3. The third kappa shape index (κ3) is 3.94. The first-order chi connectivity index (χ1) is 11.2. The molecule has 1 atom stereocenters. The Morgan fingerprint density at radius 2 is 1.83 bits per heavy atom. The van der Waals surface area contributed by atoms with Gasteiger partial charge in [-0.15, -0.1) is 11.3 Å². The number of nitrogens with one attached hydrogen (secondary N) is 1. The molecule has 1 aromatic carbocycles. The Labute approximate surface area is 139 Å². The van der Waals surface area contributed by atoms with Gasteiger partial charge in [-0.25, -0.2) is 4.79 Å². The fourth-order valence-electron chi connectivity index (χ4n) is 2.25. The van der Waals surface area contributed by atoms with Gasteiger partial charge in [-0.3, -0.25) is 4.79 Å². The summed E-state index contributed by atoms with van der Waals surface area (Å²) in [4.78, 5) is 23.4. The number of alkyl halides is 3. The highest BCUT2D eigenvalue weighted by molar-refractivity contribution is 7.14. The molecule has 0 fully saturated rings. The monoisotopic (exact) mass is 357 g/mol. The number of benzene rings is 1. The minimum atomic E-state index is -4.43. The molecule has 8 heteroatoms. The Kier molecular flexibility index (Phi) is 5.28. The van der Waals surface area contributed by atoms with Gasteiger partial charge in [0.15, 0.2) is 0 Å². The molecule has 1 amide bonds. The van der Waals surface area contributed by atoms with Crippen LogP contribution in [0.1, 0.15) is 40.7 Å². The second-order valence-corrected chi connectivity index (χ2v) is 5.95. The molecule has 2 rings (SSSR count). The van der Waals surface area contributed by atoms with E-state index >= 15 is 0 Å². The van der Waals surface area contributed by atoms with Crippen LogP contribution in [-0.4, -0.2) is 17.0 Å². The van der Waals surface area contributed by atoms with Gasteiger partial charge in [-0.1, -0.05) is 19.1 Å². The lowest BCUT2D eigenvalue weighted by molar-refractivity contribution is -0.137. The van der Waals surface area contributed by atoms with Crippen LogP contribution in [-0.2, 0) is 11.0 Å². The van der Waals surface area contributed by atoms with Crippen molar-refractivity contribution in [3.8, 4) is 0 Å². The molecule has 0 aliphatic rings. The number of carbonyl (C=O) groups excluding carboxylic acids is 1. The fraction of sp³-hybridized carbons (Fsp3) is 0.250. The number of carboxylic acids is 1. The number of aromatic carboxylic acids is 1. The fourth-order valence-corrected chi connectivity index (χ4v) is 3.03. The highest BCUT2D eigenvalue weighted by atomic mass is 32.1. The van der Waals surface area contributed by atoms with E-state index in [9.17, 15) is 22.8 Å². The maximum atomic E-state index is 12.6. The minimum Gasteiger partial charge on any atom is -0.478 e. The number of hydrogen-bond acceptors (Lipinski definition) is 3. The van der Waals surface area contributed by atoms with Crippen molar-refractivity contribution in [1.82, 2.24) is 0 Å². The molecule has 0 bridgehead atoms. The first-order valence-electron chi connectivity index (χ1n) is 7.02. The highest BCUT2D eigenvalue weighted by Gasteiger charge is 2.30. The van der Waals surface area contributed by atoms with Crippen LogP contribution >= 0.6 is 11.3 Å². The van der Waals surface area contributed by atoms with Crippen molar-refractivity contribution in [3.05, 3.63) is 52.4 Å². The van der Waals surface area contributed by atoms with Gasteiger partial charge >= 0.3 is 12.1 Å². The van der Waals surface area contributed by atoms with Crippen molar-refractivity contribution in [2.75, 3.05) is 5.32 Å². The molecule has 128 valence electrons. The van der Waals surface area contributed by atoms with Crippen LogP contribution in [0.3, 0.4) is 0 Å². The van der Waals surface area contributed by atoms with Gasteiger partial charge in [0.1, 0.15) is 5.00 Å². The standard InChI is InChI=1S/C16H14F3NO3S/c1-2-11(9-3-5-10(6-4-9)16(17,18)19)13(21)20-14-12(15(22)23)7-8-24-14/h3-8,11H,2H2,1H3,(H,20,21)(H,22,23). The van der Waals surface area contributed by atoms with E-state index in [0.29, 0.717) is 12.0 Å². The van der Waals surface area contributed by atoms with Gasteiger partial charge in [0.2, 0.25) is 5.91 Å². The number of carbonyl (C=O) groups is 2. The molecule has 1 heterocycles. The zero-order valence-electron chi connectivity index (χ0n) is 12.6. The van der Waals surface area contributed by atoms with Crippen LogP contribution in [0.4, 0.5) is 18.2 Å². The van der Waals surface area contributed by atoms with Crippen molar-refractivity contribution in [3.63, 3.8) is 0 Å². The number of thiophene rings is 1. The average Bonchev–Trinajstić information content (AvgIpc) is 2.96. The molecule has 4 nitrogen and oxygen atoms in total. The van der Waals surface area contributed by atoms with E-state index in [1.165, 1.54) is 23.6 Å². The van der Waals surface area contributed by atoms with Gasteiger partial charge in [0, 0.05) is 0 Å². The van der Waals surface area contributed by atoms with E-state index in [-0.39, 0.29) is 10.6 Å². The Hall–Kier alpha value is -2.35. The van der Waals surface area contributed by atoms with Crippen LogP contribution in [0.5, 0.6) is 0 Å². The molecule has 0 aliphatic carbocycles. The first kappa shape index (κ1) is 18.0. The highest BCUT2D eigenvalue weighted by Crippen LogP contribution is 2.31. The molecule has 0 spiro atoms. The topological polar surface area (TPSA) is 66.4 Å². The third-order valence-electron chi connectivity index (χ3n) is 3.50. The second kappa shape index (κ2) is 7.04. The maximum Gasteiger partial charge on any atom is 0.416 e. The Bertz CT molecular complexity index is 738. The molecule has 2 aromatic rings. The second-order valence-electron chi connectivity index (χ2n) is 5.04. The van der Waals surface area contributed by atoms with Crippen LogP contribution in [0.25, 0.3) is 0 Å². The summed E-state index contributed by atoms with van der Waals surface area (Å²) < 4.78 is 37.8. The molecule has 1 unspecified atom stereocenters. The SMILES string of the molecule is CCC(C(=O)Nc1sccc1C(=O)O)c1ccc(C(F)(F)F)cc1. The Balaban J connectivity index is 2.20. The lowest BCUT2D eigenvalue weighted by Crippen LogP contribution is -2.21. The molecular weight excluding hydrogens is 343 g/mol. The molecule has 0 saturated carbocycles. The summed E-state index contributed by atoms with van der Waals surface area (Å²) in [5.74, 6) is -2.28. The van der Waals surface area contributed by atoms with Crippen LogP contribution in [0.15, 0.2) is 35.7 Å². The van der Waals surface area contributed by atoms with Crippen LogP contribution in [0, 0.1) is 0 Å². The molecule has 1 aromatic heterocycles. The number of amides is 1. The summed E-state index contributed by atoms with van der Waals surface area (Å²) in [6, 6.07) is 5.77. The number of hydrogen-bond donors (Lipinski definition) is 2. The van der Waals surface area contributed by atoms with E-state index in [1.54, 1.807) is 6.92 Å². The van der Waals surface area contributed by atoms with Gasteiger partial charge in [0.25, 0.3) is 0 Å². The summed E-state index contributed by atoms with van der Waals surface area (Å²) in [7, 11) is 0. The van der Waals surface area contributed by atoms with E-state index in [2.05, 4.69) is 5.32 Å². The summed E-state index contributed by atoms with van der Waals surface area (Å²) in [6.07, 6.45) is -4.07. The normalized spacial score (nSPS) is 12.7. The van der Waals surface area contributed by atoms with E-state index in [0.717, 1.165) is 23.5 Å². The third-order valence-corrected chi connectivity index (χ3v) is 4.33. The van der Waals surface area contributed by atoms with E-state index < -0.39 is 29.5 Å². The van der Waals surface area contributed by atoms with Crippen molar-refractivity contribution >= 4 is 28.2 Å². The summed E-state index contributed by atoms with van der Waals surface area (Å²) >= 11 is 1.07. The Morgan fingerprint density at radius 1 is 1.21 bits per heavy atom. The number of anilines is 1. The molecular formula is C16H14F3NO3S. The molecule has 0 saturated heterocycles. The van der Waals surface area contributed by atoms with Crippen molar-refractivity contribution in [2.45, 2.75) is 25.4 Å². The van der Waals surface area contributed by atoms with Crippen molar-refractivity contribution in [1.29, 1.82) is 0 Å². The molecule has 0 aliphatic heterocycles.